The number of halogens is 2. The molecule has 7 heteroatoms. The number of hydrogen-bond acceptors (Lipinski definition) is 4. The van der Waals surface area contributed by atoms with Crippen molar-refractivity contribution in [1.82, 2.24) is 9.88 Å². The second-order valence-corrected chi connectivity index (χ2v) is 5.98. The van der Waals surface area contributed by atoms with Gasteiger partial charge in [0.15, 0.2) is 0 Å². The van der Waals surface area contributed by atoms with Crippen molar-refractivity contribution in [3.8, 4) is 11.5 Å². The molecule has 1 aromatic heterocycles. The van der Waals surface area contributed by atoms with E-state index in [0.29, 0.717) is 16.6 Å². The molecule has 1 saturated heterocycles. The van der Waals surface area contributed by atoms with Crippen LogP contribution in [0.1, 0.15) is 18.5 Å². The van der Waals surface area contributed by atoms with Gasteiger partial charge in [0, 0.05) is 29.7 Å². The van der Waals surface area contributed by atoms with E-state index >= 15 is 0 Å². The summed E-state index contributed by atoms with van der Waals surface area (Å²) in [5.74, 6) is 0.572. The second-order valence-electron chi connectivity index (χ2n) is 5.55. The third-order valence-corrected chi connectivity index (χ3v) is 4.12. The van der Waals surface area contributed by atoms with Crippen molar-refractivity contribution in [3.05, 3.63) is 41.2 Å². The topological polar surface area (TPSA) is 72.4 Å². The molecular formula is C16H19Cl2N3O2. The summed E-state index contributed by atoms with van der Waals surface area (Å²) >= 11 is 5.86. The number of rotatable bonds is 3. The Balaban J connectivity index is 0.00000192. The fraction of sp³-hybridized carbons (Fsp3) is 0.375. The van der Waals surface area contributed by atoms with E-state index in [-0.39, 0.29) is 30.8 Å². The third-order valence-electron chi connectivity index (χ3n) is 3.87. The number of carbonyl (C=O) groups excluding carboxylic acids is 1. The number of amides is 1. The number of hydrogen-bond donors (Lipinski definition) is 1. The zero-order valence-corrected chi connectivity index (χ0v) is 14.1. The molecule has 2 aromatic rings. The molecule has 1 aromatic carbocycles. The molecule has 23 heavy (non-hydrogen) atoms. The van der Waals surface area contributed by atoms with Crippen LogP contribution in [0.15, 0.2) is 34.9 Å². The lowest BCUT2D eigenvalue weighted by Crippen LogP contribution is -2.43. The van der Waals surface area contributed by atoms with Gasteiger partial charge in [0.05, 0.1) is 12.1 Å². The number of piperidine rings is 1. The summed E-state index contributed by atoms with van der Waals surface area (Å²) < 4.78 is 5.45. The highest BCUT2D eigenvalue weighted by molar-refractivity contribution is 6.30. The molecule has 0 bridgehead atoms. The minimum Gasteiger partial charge on any atom is -0.444 e. The first kappa shape index (κ1) is 17.8. The molecule has 1 amide bonds. The van der Waals surface area contributed by atoms with Gasteiger partial charge in [-0.1, -0.05) is 11.6 Å². The first-order chi connectivity index (χ1) is 10.6. The van der Waals surface area contributed by atoms with E-state index in [2.05, 4.69) is 4.98 Å². The average molecular weight is 356 g/mol. The Morgan fingerprint density at radius 3 is 2.61 bits per heavy atom. The molecular weight excluding hydrogens is 337 g/mol. The van der Waals surface area contributed by atoms with Crippen LogP contribution in [0.4, 0.5) is 0 Å². The summed E-state index contributed by atoms with van der Waals surface area (Å²) in [5, 5.41) is 0.661. The zero-order valence-electron chi connectivity index (χ0n) is 12.6. The minimum absolute atomic E-state index is 0. The Morgan fingerprint density at radius 1 is 1.30 bits per heavy atom. The quantitative estimate of drug-likeness (QED) is 0.918. The number of aromatic nitrogens is 1. The molecule has 124 valence electrons. The highest BCUT2D eigenvalue weighted by atomic mass is 35.5. The fourth-order valence-corrected chi connectivity index (χ4v) is 2.65. The maximum Gasteiger partial charge on any atom is 0.228 e. The van der Waals surface area contributed by atoms with Gasteiger partial charge in [-0.05, 0) is 37.1 Å². The van der Waals surface area contributed by atoms with E-state index in [1.54, 1.807) is 12.1 Å². The highest BCUT2D eigenvalue weighted by Gasteiger charge is 2.21. The van der Waals surface area contributed by atoms with Gasteiger partial charge >= 0.3 is 0 Å². The van der Waals surface area contributed by atoms with Gasteiger partial charge in [0.25, 0.3) is 0 Å². The predicted octanol–water partition coefficient (Wildman–Crippen LogP) is 2.91. The molecule has 0 aliphatic carbocycles. The molecule has 2 N–H and O–H groups in total. The normalized spacial score (nSPS) is 15.3. The summed E-state index contributed by atoms with van der Waals surface area (Å²) in [5.41, 5.74) is 7.34. The molecule has 0 spiro atoms. The molecule has 2 heterocycles. The van der Waals surface area contributed by atoms with Gasteiger partial charge in [-0.3, -0.25) is 4.79 Å². The molecule has 0 saturated carbocycles. The number of nitrogens with zero attached hydrogens (tertiary/aromatic N) is 2. The lowest BCUT2D eigenvalue weighted by molar-refractivity contribution is -0.131. The van der Waals surface area contributed by atoms with Gasteiger partial charge in [0.2, 0.25) is 11.8 Å². The lowest BCUT2D eigenvalue weighted by Gasteiger charge is -2.30. The number of likely N-dealkylation sites (tertiary alicyclic amines) is 1. The van der Waals surface area contributed by atoms with Gasteiger partial charge in [-0.25, -0.2) is 4.98 Å². The first-order valence-electron chi connectivity index (χ1n) is 7.35. The number of oxazole rings is 1. The van der Waals surface area contributed by atoms with Gasteiger partial charge in [0.1, 0.15) is 6.26 Å². The summed E-state index contributed by atoms with van der Waals surface area (Å²) in [6, 6.07) is 7.45. The van der Waals surface area contributed by atoms with E-state index in [4.69, 9.17) is 21.8 Å². The molecule has 0 unspecified atom stereocenters. The van der Waals surface area contributed by atoms with Crippen molar-refractivity contribution in [3.63, 3.8) is 0 Å². The summed E-state index contributed by atoms with van der Waals surface area (Å²) in [4.78, 5) is 18.5. The van der Waals surface area contributed by atoms with Crippen LogP contribution in [0.25, 0.3) is 11.5 Å². The largest absolute Gasteiger partial charge is 0.444 e. The Hall–Kier alpha value is -1.56. The lowest BCUT2D eigenvalue weighted by atomic mass is 10.1. The summed E-state index contributed by atoms with van der Waals surface area (Å²) in [7, 11) is 0. The molecule has 1 aliphatic heterocycles. The van der Waals surface area contributed by atoms with E-state index in [9.17, 15) is 4.79 Å². The monoisotopic (exact) mass is 355 g/mol. The van der Waals surface area contributed by atoms with Crippen LogP contribution < -0.4 is 5.73 Å². The third kappa shape index (κ3) is 4.47. The van der Waals surface area contributed by atoms with Crippen LogP contribution in [-0.2, 0) is 11.2 Å². The van der Waals surface area contributed by atoms with Crippen LogP contribution in [0, 0.1) is 0 Å². The van der Waals surface area contributed by atoms with E-state index in [1.165, 1.54) is 6.26 Å². The van der Waals surface area contributed by atoms with Crippen LogP contribution >= 0.6 is 24.0 Å². The van der Waals surface area contributed by atoms with Crippen molar-refractivity contribution in [2.24, 2.45) is 5.73 Å². The van der Waals surface area contributed by atoms with Gasteiger partial charge < -0.3 is 15.1 Å². The predicted molar refractivity (Wildman–Crippen MR) is 91.7 cm³/mol. The van der Waals surface area contributed by atoms with Crippen LogP contribution in [0.5, 0.6) is 0 Å². The molecule has 1 aliphatic rings. The van der Waals surface area contributed by atoms with Crippen molar-refractivity contribution in [1.29, 1.82) is 0 Å². The van der Waals surface area contributed by atoms with E-state index < -0.39 is 0 Å². The van der Waals surface area contributed by atoms with Gasteiger partial charge in [-0.2, -0.15) is 0 Å². The Bertz CT molecular complexity index is 650. The Kier molecular flexibility index (Phi) is 6.04. The molecule has 0 radical (unpaired) electrons. The highest BCUT2D eigenvalue weighted by Crippen LogP contribution is 2.21. The number of benzene rings is 1. The van der Waals surface area contributed by atoms with E-state index in [0.717, 1.165) is 31.5 Å². The van der Waals surface area contributed by atoms with Crippen LogP contribution in [0.2, 0.25) is 5.02 Å². The number of carbonyl (C=O) groups is 1. The summed E-state index contributed by atoms with van der Waals surface area (Å²) in [6.45, 7) is 1.45. The smallest absolute Gasteiger partial charge is 0.228 e. The number of nitrogens with two attached hydrogens (primary N) is 1. The standard InChI is InChI=1S/C16H18ClN3O2.ClH/c17-12-3-1-11(2-4-12)16-19-14(10-22-16)9-15(21)20-7-5-13(18)6-8-20;/h1-4,10,13H,5-9,18H2;1H. The van der Waals surface area contributed by atoms with Crippen LogP contribution in [0.3, 0.4) is 0 Å². The minimum atomic E-state index is 0. The second kappa shape index (κ2) is 7.81. The maximum atomic E-state index is 12.3. The van der Waals surface area contributed by atoms with Crippen molar-refractivity contribution in [2.75, 3.05) is 13.1 Å². The molecule has 3 rings (SSSR count). The maximum absolute atomic E-state index is 12.3. The van der Waals surface area contributed by atoms with Gasteiger partial charge in [-0.15, -0.1) is 12.4 Å². The Labute approximate surface area is 146 Å². The molecule has 0 atom stereocenters. The Morgan fingerprint density at radius 2 is 1.96 bits per heavy atom. The molecule has 5 nitrogen and oxygen atoms in total. The first-order valence-corrected chi connectivity index (χ1v) is 7.73. The van der Waals surface area contributed by atoms with Crippen molar-refractivity contribution >= 4 is 29.9 Å². The van der Waals surface area contributed by atoms with E-state index in [1.807, 2.05) is 17.0 Å². The SMILES string of the molecule is Cl.NC1CCN(C(=O)Cc2coc(-c3ccc(Cl)cc3)n2)CC1. The average Bonchev–Trinajstić information content (AvgIpc) is 2.97. The van der Waals surface area contributed by atoms with Crippen molar-refractivity contribution in [2.45, 2.75) is 25.3 Å². The summed E-state index contributed by atoms with van der Waals surface area (Å²) in [6.07, 6.45) is 3.52. The molecule has 1 fully saturated rings. The van der Waals surface area contributed by atoms with Crippen molar-refractivity contribution < 1.29 is 9.21 Å². The van der Waals surface area contributed by atoms with Crippen LogP contribution in [-0.4, -0.2) is 34.9 Å². The zero-order chi connectivity index (χ0) is 15.5. The fourth-order valence-electron chi connectivity index (χ4n) is 2.53.